The molecular formula is C16H22N4O3. The van der Waals surface area contributed by atoms with E-state index >= 15 is 0 Å². The number of carbonyl (C=O) groups excluding carboxylic acids is 3. The Balaban J connectivity index is 1.90. The summed E-state index contributed by atoms with van der Waals surface area (Å²) < 4.78 is 0. The fourth-order valence-corrected chi connectivity index (χ4v) is 2.34. The number of benzene rings is 1. The highest BCUT2D eigenvalue weighted by Crippen LogP contribution is 2.16. The molecule has 2 rings (SSSR count). The van der Waals surface area contributed by atoms with E-state index in [0.717, 1.165) is 6.42 Å². The summed E-state index contributed by atoms with van der Waals surface area (Å²) in [6, 6.07) is 6.44. The second kappa shape index (κ2) is 8.28. The van der Waals surface area contributed by atoms with Crippen LogP contribution in [0.2, 0.25) is 0 Å². The molecule has 0 saturated carbocycles. The zero-order valence-electron chi connectivity index (χ0n) is 13.1. The van der Waals surface area contributed by atoms with Crippen molar-refractivity contribution in [3.8, 4) is 0 Å². The van der Waals surface area contributed by atoms with Gasteiger partial charge in [-0.3, -0.25) is 14.4 Å². The lowest BCUT2D eigenvalue weighted by molar-refractivity contribution is -0.127. The largest absolute Gasteiger partial charge is 0.353 e. The molecule has 0 aliphatic carbocycles. The molecule has 1 atom stereocenters. The summed E-state index contributed by atoms with van der Waals surface area (Å²) in [6.45, 7) is 3.17. The number of rotatable bonds is 6. The van der Waals surface area contributed by atoms with Crippen LogP contribution in [-0.2, 0) is 14.4 Å². The number of nitrogens with one attached hydrogen (secondary N) is 4. The van der Waals surface area contributed by atoms with Crippen LogP contribution in [0, 0.1) is 0 Å². The first kappa shape index (κ1) is 17.0. The number of hydrogen-bond acceptors (Lipinski definition) is 4. The molecule has 124 valence electrons. The Morgan fingerprint density at radius 1 is 1.17 bits per heavy atom. The third-order valence-electron chi connectivity index (χ3n) is 3.43. The Bertz CT molecular complexity index is 588. The molecule has 1 heterocycles. The Kier molecular flexibility index (Phi) is 6.10. The van der Waals surface area contributed by atoms with E-state index in [-0.39, 0.29) is 24.1 Å². The quantitative estimate of drug-likeness (QED) is 0.624. The maximum absolute atomic E-state index is 12.0. The Morgan fingerprint density at radius 3 is 2.52 bits per heavy atom. The summed E-state index contributed by atoms with van der Waals surface area (Å²) in [5, 5.41) is 11.2. The van der Waals surface area contributed by atoms with Gasteiger partial charge in [-0.2, -0.15) is 0 Å². The van der Waals surface area contributed by atoms with Crippen molar-refractivity contribution in [2.24, 2.45) is 0 Å². The molecular weight excluding hydrogens is 296 g/mol. The first-order valence-corrected chi connectivity index (χ1v) is 7.79. The van der Waals surface area contributed by atoms with Crippen LogP contribution < -0.4 is 21.3 Å². The summed E-state index contributed by atoms with van der Waals surface area (Å²) in [4.78, 5) is 35.3. The predicted octanol–water partition coefficient (Wildman–Crippen LogP) is 0.842. The fraction of sp³-hybridized carbons (Fsp3) is 0.438. The van der Waals surface area contributed by atoms with Crippen LogP contribution in [0.3, 0.4) is 0 Å². The summed E-state index contributed by atoms with van der Waals surface area (Å²) in [7, 11) is 0. The minimum absolute atomic E-state index is 0.0564. The van der Waals surface area contributed by atoms with Gasteiger partial charge >= 0.3 is 0 Å². The fourth-order valence-electron chi connectivity index (χ4n) is 2.34. The molecule has 0 bridgehead atoms. The minimum atomic E-state index is -0.504. The Morgan fingerprint density at radius 2 is 1.87 bits per heavy atom. The van der Waals surface area contributed by atoms with E-state index < -0.39 is 6.04 Å². The lowest BCUT2D eigenvalue weighted by atomic mass is 10.1. The molecule has 0 aromatic heterocycles. The first-order chi connectivity index (χ1) is 11.1. The van der Waals surface area contributed by atoms with Crippen molar-refractivity contribution < 1.29 is 14.4 Å². The molecule has 23 heavy (non-hydrogen) atoms. The minimum Gasteiger partial charge on any atom is -0.353 e. The molecule has 1 fully saturated rings. The molecule has 0 spiro atoms. The average molecular weight is 318 g/mol. The summed E-state index contributed by atoms with van der Waals surface area (Å²) in [6.07, 6.45) is 1.30. The Hall–Kier alpha value is -2.41. The molecule has 1 aliphatic rings. The van der Waals surface area contributed by atoms with E-state index in [1.165, 1.54) is 0 Å². The van der Waals surface area contributed by atoms with E-state index in [9.17, 15) is 14.4 Å². The lowest BCUT2D eigenvalue weighted by Gasteiger charge is -2.22. The van der Waals surface area contributed by atoms with Gasteiger partial charge in [0.25, 0.3) is 0 Å². The number of piperazine rings is 1. The zero-order valence-corrected chi connectivity index (χ0v) is 13.1. The van der Waals surface area contributed by atoms with Crippen LogP contribution in [0.25, 0.3) is 0 Å². The zero-order chi connectivity index (χ0) is 16.7. The second-order valence-corrected chi connectivity index (χ2v) is 5.43. The molecule has 1 aromatic rings. The number of anilines is 2. The van der Waals surface area contributed by atoms with Crippen LogP contribution in [-0.4, -0.2) is 36.9 Å². The topological polar surface area (TPSA) is 99.3 Å². The number of carbonyl (C=O) groups is 3. The van der Waals surface area contributed by atoms with Crippen molar-refractivity contribution in [3.63, 3.8) is 0 Å². The third-order valence-corrected chi connectivity index (χ3v) is 3.43. The summed E-state index contributed by atoms with van der Waals surface area (Å²) in [5.74, 6) is -0.470. The van der Waals surface area contributed by atoms with E-state index in [1.807, 2.05) is 6.92 Å². The van der Waals surface area contributed by atoms with Gasteiger partial charge in [-0.05, 0) is 24.6 Å². The van der Waals surface area contributed by atoms with Crippen LogP contribution in [0.5, 0.6) is 0 Å². The second-order valence-electron chi connectivity index (χ2n) is 5.43. The van der Waals surface area contributed by atoms with Crippen LogP contribution in [0.4, 0.5) is 11.4 Å². The highest BCUT2D eigenvalue weighted by molar-refractivity contribution is 5.96. The van der Waals surface area contributed by atoms with Gasteiger partial charge in [-0.25, -0.2) is 0 Å². The van der Waals surface area contributed by atoms with E-state index in [0.29, 0.717) is 30.9 Å². The predicted molar refractivity (Wildman–Crippen MR) is 88.0 cm³/mol. The SMILES string of the molecule is CCCC(=O)Nc1cccc(NC(=O)CC2NCCNC2=O)c1. The molecule has 1 aliphatic heterocycles. The normalized spacial score (nSPS) is 17.3. The van der Waals surface area contributed by atoms with Crippen molar-refractivity contribution >= 4 is 29.1 Å². The Labute approximate surface area is 135 Å². The van der Waals surface area contributed by atoms with Gasteiger partial charge < -0.3 is 21.3 Å². The van der Waals surface area contributed by atoms with Gasteiger partial charge in [0.05, 0.1) is 12.5 Å². The van der Waals surface area contributed by atoms with Gasteiger partial charge in [0.2, 0.25) is 17.7 Å². The van der Waals surface area contributed by atoms with Crippen molar-refractivity contribution in [1.82, 2.24) is 10.6 Å². The van der Waals surface area contributed by atoms with E-state index in [4.69, 9.17) is 0 Å². The van der Waals surface area contributed by atoms with Gasteiger partial charge in [-0.15, -0.1) is 0 Å². The third kappa shape index (κ3) is 5.37. The number of amides is 3. The highest BCUT2D eigenvalue weighted by atomic mass is 16.2. The number of hydrogen-bond donors (Lipinski definition) is 4. The average Bonchev–Trinajstić information content (AvgIpc) is 2.50. The molecule has 0 radical (unpaired) electrons. The van der Waals surface area contributed by atoms with Crippen LogP contribution >= 0.6 is 0 Å². The smallest absolute Gasteiger partial charge is 0.237 e. The van der Waals surface area contributed by atoms with Gasteiger partial charge in [0, 0.05) is 30.9 Å². The van der Waals surface area contributed by atoms with Gasteiger partial charge in [0.1, 0.15) is 0 Å². The standard InChI is InChI=1S/C16H22N4O3/c1-2-4-14(21)19-11-5-3-6-12(9-11)20-15(22)10-13-16(23)18-8-7-17-13/h3,5-6,9,13,17H,2,4,7-8,10H2,1H3,(H,18,23)(H,19,21)(H,20,22). The van der Waals surface area contributed by atoms with Crippen molar-refractivity contribution in [2.45, 2.75) is 32.2 Å². The molecule has 4 N–H and O–H groups in total. The maximum Gasteiger partial charge on any atom is 0.237 e. The van der Waals surface area contributed by atoms with Crippen molar-refractivity contribution in [3.05, 3.63) is 24.3 Å². The van der Waals surface area contributed by atoms with E-state index in [1.54, 1.807) is 24.3 Å². The molecule has 7 heteroatoms. The molecule has 1 saturated heterocycles. The molecule has 1 aromatic carbocycles. The maximum atomic E-state index is 12.0. The lowest BCUT2D eigenvalue weighted by Crippen LogP contribution is -2.53. The molecule has 7 nitrogen and oxygen atoms in total. The summed E-state index contributed by atoms with van der Waals surface area (Å²) >= 11 is 0. The van der Waals surface area contributed by atoms with E-state index in [2.05, 4.69) is 21.3 Å². The van der Waals surface area contributed by atoms with Gasteiger partial charge in [-0.1, -0.05) is 13.0 Å². The summed E-state index contributed by atoms with van der Waals surface area (Å²) in [5.41, 5.74) is 1.22. The van der Waals surface area contributed by atoms with Gasteiger partial charge in [0.15, 0.2) is 0 Å². The van der Waals surface area contributed by atoms with Crippen LogP contribution in [0.1, 0.15) is 26.2 Å². The van der Waals surface area contributed by atoms with Crippen LogP contribution in [0.15, 0.2) is 24.3 Å². The highest BCUT2D eigenvalue weighted by Gasteiger charge is 2.23. The van der Waals surface area contributed by atoms with Crippen molar-refractivity contribution in [2.75, 3.05) is 23.7 Å². The molecule has 1 unspecified atom stereocenters. The molecule has 3 amide bonds. The van der Waals surface area contributed by atoms with Crippen molar-refractivity contribution in [1.29, 1.82) is 0 Å². The monoisotopic (exact) mass is 318 g/mol. The first-order valence-electron chi connectivity index (χ1n) is 7.79.